The van der Waals surface area contributed by atoms with Crippen LogP contribution < -0.4 is 21.1 Å². The molecule has 2 N–H and O–H groups in total. The number of carbonyl (C=O) groups is 1. The van der Waals surface area contributed by atoms with Crippen molar-refractivity contribution in [3.63, 3.8) is 0 Å². The van der Waals surface area contributed by atoms with Gasteiger partial charge in [0.1, 0.15) is 0 Å². The molecule has 138 valence electrons. The number of rotatable bonds is 4. The molecule has 7 nitrogen and oxygen atoms in total. The van der Waals surface area contributed by atoms with Crippen LogP contribution in [0.3, 0.4) is 0 Å². The average Bonchev–Trinajstić information content (AvgIpc) is 2.63. The van der Waals surface area contributed by atoms with Gasteiger partial charge in [0.05, 0.1) is 11.9 Å². The minimum atomic E-state index is -0.221. The summed E-state index contributed by atoms with van der Waals surface area (Å²) in [6.45, 7) is 6.48. The van der Waals surface area contributed by atoms with Crippen molar-refractivity contribution in [3.05, 3.63) is 22.6 Å². The Hall–Kier alpha value is -1.89. The maximum atomic E-state index is 12.5. The Balaban J connectivity index is 1.47. The lowest BCUT2D eigenvalue weighted by Gasteiger charge is -2.35. The molecule has 0 saturated carbocycles. The van der Waals surface area contributed by atoms with Crippen LogP contribution in [0.2, 0.25) is 0 Å². The van der Waals surface area contributed by atoms with Crippen molar-refractivity contribution < 1.29 is 4.79 Å². The molecule has 2 aliphatic heterocycles. The molecule has 2 fully saturated rings. The van der Waals surface area contributed by atoms with Crippen LogP contribution in [0.1, 0.15) is 32.6 Å². The van der Waals surface area contributed by atoms with E-state index in [9.17, 15) is 9.59 Å². The number of hydrogen-bond acceptors (Lipinski definition) is 5. The zero-order valence-corrected chi connectivity index (χ0v) is 15.3. The van der Waals surface area contributed by atoms with E-state index in [4.69, 9.17) is 0 Å². The van der Waals surface area contributed by atoms with E-state index < -0.39 is 0 Å². The van der Waals surface area contributed by atoms with E-state index in [0.717, 1.165) is 64.1 Å². The fourth-order valence-electron chi connectivity index (χ4n) is 3.68. The molecule has 0 radical (unpaired) electrons. The van der Waals surface area contributed by atoms with Crippen LogP contribution in [-0.2, 0) is 11.8 Å². The highest BCUT2D eigenvalue weighted by Gasteiger charge is 2.34. The molecular weight excluding hydrogens is 318 g/mol. The zero-order chi connectivity index (χ0) is 17.9. The van der Waals surface area contributed by atoms with Crippen LogP contribution in [-0.4, -0.2) is 48.4 Å². The third kappa shape index (κ3) is 4.21. The van der Waals surface area contributed by atoms with Crippen molar-refractivity contribution in [1.82, 2.24) is 20.4 Å². The summed E-state index contributed by atoms with van der Waals surface area (Å²) in [5, 5.41) is 10.6. The number of amides is 1. The van der Waals surface area contributed by atoms with Crippen molar-refractivity contribution in [2.75, 3.05) is 37.6 Å². The number of carbonyl (C=O) groups excluding carboxylic acids is 1. The Morgan fingerprint density at radius 2 is 2.04 bits per heavy atom. The standard InChI is InChI=1S/C18H29N5O2/c1-18(5-7-19-8-6-18)17(25)20-12-14-3-9-23(10-4-14)15-11-16(24)22(2)21-13-15/h11,13-14,19H,3-10,12H2,1-2H3,(H,20,25). The van der Waals surface area contributed by atoms with Gasteiger partial charge in [-0.2, -0.15) is 5.10 Å². The van der Waals surface area contributed by atoms with Crippen LogP contribution in [0.4, 0.5) is 5.69 Å². The van der Waals surface area contributed by atoms with Crippen molar-refractivity contribution in [2.24, 2.45) is 18.4 Å². The first-order chi connectivity index (χ1) is 12.0. The van der Waals surface area contributed by atoms with Gasteiger partial charge < -0.3 is 15.5 Å². The Bertz CT molecular complexity index is 658. The van der Waals surface area contributed by atoms with Gasteiger partial charge in [-0.05, 0) is 44.7 Å². The summed E-state index contributed by atoms with van der Waals surface area (Å²) in [6, 6.07) is 1.65. The van der Waals surface area contributed by atoms with Crippen LogP contribution in [0.5, 0.6) is 0 Å². The van der Waals surface area contributed by atoms with Crippen LogP contribution in [0.15, 0.2) is 17.1 Å². The van der Waals surface area contributed by atoms with Gasteiger partial charge >= 0.3 is 0 Å². The highest BCUT2D eigenvalue weighted by Crippen LogP contribution is 2.28. The maximum absolute atomic E-state index is 12.5. The van der Waals surface area contributed by atoms with Gasteiger partial charge in [0.25, 0.3) is 5.56 Å². The number of hydrogen-bond donors (Lipinski definition) is 2. The Morgan fingerprint density at radius 3 is 2.68 bits per heavy atom. The maximum Gasteiger partial charge on any atom is 0.268 e. The highest BCUT2D eigenvalue weighted by molar-refractivity contribution is 5.82. The number of aromatic nitrogens is 2. The Labute approximate surface area is 148 Å². The molecule has 1 aromatic rings. The molecule has 0 aromatic carbocycles. The predicted octanol–water partition coefficient (Wildman–Crippen LogP) is 0.503. The van der Waals surface area contributed by atoms with E-state index in [-0.39, 0.29) is 16.9 Å². The fourth-order valence-corrected chi connectivity index (χ4v) is 3.68. The largest absolute Gasteiger partial charge is 0.370 e. The molecular formula is C18H29N5O2. The smallest absolute Gasteiger partial charge is 0.268 e. The van der Waals surface area contributed by atoms with Gasteiger partial charge in [-0.25, -0.2) is 4.68 Å². The molecule has 0 unspecified atom stereocenters. The summed E-state index contributed by atoms with van der Waals surface area (Å²) in [4.78, 5) is 26.5. The predicted molar refractivity (Wildman–Crippen MR) is 97.6 cm³/mol. The van der Waals surface area contributed by atoms with E-state index in [2.05, 4.69) is 27.6 Å². The molecule has 0 aliphatic carbocycles. The molecule has 0 bridgehead atoms. The molecule has 0 spiro atoms. The van der Waals surface area contributed by atoms with Gasteiger partial charge in [0.2, 0.25) is 5.91 Å². The Morgan fingerprint density at radius 1 is 1.36 bits per heavy atom. The van der Waals surface area contributed by atoms with Crippen molar-refractivity contribution >= 4 is 11.6 Å². The number of piperidine rings is 2. The highest BCUT2D eigenvalue weighted by atomic mass is 16.2. The lowest BCUT2D eigenvalue weighted by molar-refractivity contribution is -0.131. The number of nitrogens with zero attached hydrogens (tertiary/aromatic N) is 3. The SMILES string of the molecule is Cn1ncc(N2CCC(CNC(=O)C3(C)CCNCC3)CC2)cc1=O. The van der Waals surface area contributed by atoms with Gasteiger partial charge in [-0.15, -0.1) is 0 Å². The second-order valence-corrected chi connectivity index (χ2v) is 7.63. The molecule has 1 aromatic heterocycles. The lowest BCUT2D eigenvalue weighted by atomic mass is 9.80. The first kappa shape index (κ1) is 17.9. The third-order valence-corrected chi connectivity index (χ3v) is 5.74. The summed E-state index contributed by atoms with van der Waals surface area (Å²) >= 11 is 0. The van der Waals surface area contributed by atoms with E-state index in [1.807, 2.05) is 0 Å². The van der Waals surface area contributed by atoms with Gasteiger partial charge in [-0.3, -0.25) is 9.59 Å². The first-order valence-corrected chi connectivity index (χ1v) is 9.25. The van der Waals surface area contributed by atoms with Crippen LogP contribution in [0, 0.1) is 11.3 Å². The lowest BCUT2D eigenvalue weighted by Crippen LogP contribution is -2.47. The summed E-state index contributed by atoms with van der Waals surface area (Å²) in [7, 11) is 1.66. The van der Waals surface area contributed by atoms with E-state index in [1.165, 1.54) is 4.68 Å². The average molecular weight is 347 g/mol. The number of aryl methyl sites for hydroxylation is 1. The summed E-state index contributed by atoms with van der Waals surface area (Å²) in [5.41, 5.74) is 0.594. The van der Waals surface area contributed by atoms with Gasteiger partial charge in [0, 0.05) is 38.2 Å². The van der Waals surface area contributed by atoms with E-state index in [1.54, 1.807) is 19.3 Å². The normalized spacial score (nSPS) is 21.1. The summed E-state index contributed by atoms with van der Waals surface area (Å²) in [6.07, 6.45) is 5.61. The molecule has 3 rings (SSSR count). The fraction of sp³-hybridized carbons (Fsp3) is 0.722. The molecule has 1 amide bonds. The van der Waals surface area contributed by atoms with E-state index in [0.29, 0.717) is 5.92 Å². The summed E-state index contributed by atoms with van der Waals surface area (Å²) < 4.78 is 1.34. The first-order valence-electron chi connectivity index (χ1n) is 9.25. The number of nitrogens with one attached hydrogen (secondary N) is 2. The quantitative estimate of drug-likeness (QED) is 0.829. The van der Waals surface area contributed by atoms with Crippen molar-refractivity contribution in [1.29, 1.82) is 0 Å². The minimum Gasteiger partial charge on any atom is -0.370 e. The molecule has 2 saturated heterocycles. The van der Waals surface area contributed by atoms with Crippen molar-refractivity contribution in [2.45, 2.75) is 32.6 Å². The molecule has 0 atom stereocenters. The van der Waals surface area contributed by atoms with Crippen LogP contribution >= 0.6 is 0 Å². The summed E-state index contributed by atoms with van der Waals surface area (Å²) in [5.74, 6) is 0.706. The second kappa shape index (κ2) is 7.56. The molecule has 3 heterocycles. The number of anilines is 1. The van der Waals surface area contributed by atoms with Crippen LogP contribution in [0.25, 0.3) is 0 Å². The minimum absolute atomic E-state index is 0.0814. The van der Waals surface area contributed by atoms with Gasteiger partial charge in [-0.1, -0.05) is 6.92 Å². The van der Waals surface area contributed by atoms with Gasteiger partial charge in [0.15, 0.2) is 0 Å². The monoisotopic (exact) mass is 347 g/mol. The zero-order valence-electron chi connectivity index (χ0n) is 15.3. The molecule has 2 aliphatic rings. The Kier molecular flexibility index (Phi) is 5.42. The third-order valence-electron chi connectivity index (χ3n) is 5.74. The van der Waals surface area contributed by atoms with E-state index >= 15 is 0 Å². The molecule has 25 heavy (non-hydrogen) atoms. The topological polar surface area (TPSA) is 79.3 Å². The molecule has 7 heteroatoms. The second-order valence-electron chi connectivity index (χ2n) is 7.63. The van der Waals surface area contributed by atoms with Crippen molar-refractivity contribution in [3.8, 4) is 0 Å².